The molecular weight excluding hydrogens is 350 g/mol. The fourth-order valence-electron chi connectivity index (χ4n) is 2.84. The van der Waals surface area contributed by atoms with Crippen LogP contribution in [0.1, 0.15) is 32.1 Å². The van der Waals surface area contributed by atoms with Gasteiger partial charge in [0.25, 0.3) is 0 Å². The van der Waals surface area contributed by atoms with Gasteiger partial charge in [0, 0.05) is 23.3 Å². The van der Waals surface area contributed by atoms with E-state index >= 15 is 0 Å². The molecule has 2 atom stereocenters. The van der Waals surface area contributed by atoms with E-state index in [-0.39, 0.29) is 22.8 Å². The molecule has 0 bridgehead atoms. The van der Waals surface area contributed by atoms with Crippen LogP contribution in [0.2, 0.25) is 0 Å². The summed E-state index contributed by atoms with van der Waals surface area (Å²) in [6.07, 6.45) is 0.441. The topological polar surface area (TPSA) is 111 Å². The second-order valence-electron chi connectivity index (χ2n) is 6.45. The molecule has 1 fully saturated rings. The highest BCUT2D eigenvalue weighted by Crippen LogP contribution is 2.49. The highest BCUT2D eigenvalue weighted by Gasteiger charge is 2.62. The van der Waals surface area contributed by atoms with E-state index in [9.17, 15) is 13.2 Å². The molecule has 7 nitrogen and oxygen atoms in total. The van der Waals surface area contributed by atoms with Crippen LogP contribution in [0.25, 0.3) is 0 Å². The zero-order chi connectivity index (χ0) is 18.2. The van der Waals surface area contributed by atoms with Crippen LogP contribution in [0.4, 0.5) is 0 Å². The molecule has 2 unspecified atom stereocenters. The molecule has 1 aromatic heterocycles. The minimum atomic E-state index is -3.46. The normalized spacial score (nSPS) is 26.0. The van der Waals surface area contributed by atoms with Gasteiger partial charge in [0.05, 0.1) is 12.6 Å². The Labute approximate surface area is 147 Å². The van der Waals surface area contributed by atoms with Gasteiger partial charge in [-0.05, 0) is 26.1 Å². The van der Waals surface area contributed by atoms with Crippen LogP contribution >= 0.6 is 11.3 Å². The first-order valence-corrected chi connectivity index (χ1v) is 10.1. The number of thiophene rings is 1. The van der Waals surface area contributed by atoms with E-state index in [4.69, 9.17) is 10.5 Å². The van der Waals surface area contributed by atoms with Gasteiger partial charge in [-0.25, -0.2) is 13.1 Å². The fourth-order valence-corrected chi connectivity index (χ4v) is 4.98. The van der Waals surface area contributed by atoms with E-state index in [0.29, 0.717) is 13.0 Å². The maximum Gasteiger partial charge on any atom is 0.249 e. The summed E-state index contributed by atoms with van der Waals surface area (Å²) in [7, 11) is -2.09. The molecule has 4 N–H and O–H groups in total. The van der Waals surface area contributed by atoms with Crippen molar-refractivity contribution in [1.82, 2.24) is 10.0 Å². The number of hydrogen-bond acceptors (Lipinski definition) is 6. The molecule has 24 heavy (non-hydrogen) atoms. The quantitative estimate of drug-likeness (QED) is 0.653. The number of rotatable bonds is 7. The molecule has 9 heteroatoms. The Morgan fingerprint density at radius 2 is 2.12 bits per heavy atom. The smallest absolute Gasteiger partial charge is 0.249 e. The van der Waals surface area contributed by atoms with E-state index in [1.54, 1.807) is 6.07 Å². The van der Waals surface area contributed by atoms with Gasteiger partial charge < -0.3 is 15.8 Å². The summed E-state index contributed by atoms with van der Waals surface area (Å²) in [6.45, 7) is 6.61. The summed E-state index contributed by atoms with van der Waals surface area (Å²) >= 11 is 1.12. The number of carbonyl (C=O) groups is 1. The molecule has 1 saturated carbocycles. The van der Waals surface area contributed by atoms with Crippen LogP contribution in [0.15, 0.2) is 16.3 Å². The van der Waals surface area contributed by atoms with E-state index in [0.717, 1.165) is 16.2 Å². The molecule has 0 aromatic carbocycles. The van der Waals surface area contributed by atoms with Crippen LogP contribution in [0.3, 0.4) is 0 Å². The molecule has 2 rings (SSSR count). The summed E-state index contributed by atoms with van der Waals surface area (Å²) in [5.74, 6) is -0.241. The Bertz CT molecular complexity index is 714. The van der Waals surface area contributed by atoms with Crippen molar-refractivity contribution < 1.29 is 17.9 Å². The molecular formula is C15H25N3O4S2. The zero-order valence-corrected chi connectivity index (χ0v) is 16.0. The Morgan fingerprint density at radius 3 is 2.67 bits per heavy atom. The van der Waals surface area contributed by atoms with Crippen LogP contribution in [0, 0.1) is 5.41 Å². The number of sulfonamides is 1. The number of ether oxygens (including phenoxy) is 1. The Kier molecular flexibility index (Phi) is 5.41. The highest BCUT2D eigenvalue weighted by atomic mass is 32.2. The molecule has 1 aliphatic rings. The second kappa shape index (κ2) is 6.72. The molecule has 0 radical (unpaired) electrons. The van der Waals surface area contributed by atoms with Crippen molar-refractivity contribution in [2.75, 3.05) is 13.7 Å². The summed E-state index contributed by atoms with van der Waals surface area (Å²) in [4.78, 5) is 13.3. The van der Waals surface area contributed by atoms with Crippen molar-refractivity contribution in [3.05, 3.63) is 17.0 Å². The van der Waals surface area contributed by atoms with Gasteiger partial charge in [-0.1, -0.05) is 13.8 Å². The van der Waals surface area contributed by atoms with Gasteiger partial charge in [0.1, 0.15) is 9.75 Å². The Balaban J connectivity index is 1.99. The first-order valence-electron chi connectivity index (χ1n) is 7.79. The predicted octanol–water partition coefficient (Wildman–Crippen LogP) is 0.805. The van der Waals surface area contributed by atoms with Gasteiger partial charge in [-0.2, -0.15) is 0 Å². The molecule has 0 aliphatic heterocycles. The largest absolute Gasteiger partial charge is 0.378 e. The molecule has 1 aromatic rings. The van der Waals surface area contributed by atoms with Crippen LogP contribution in [-0.2, 0) is 26.1 Å². The molecule has 1 heterocycles. The van der Waals surface area contributed by atoms with E-state index in [1.807, 2.05) is 20.8 Å². The third-order valence-corrected chi connectivity index (χ3v) is 7.82. The van der Waals surface area contributed by atoms with E-state index < -0.39 is 21.0 Å². The standard InChI is InChI=1S/C15H25N3O4S2/c1-5-22-11-8-15(16,14(11,2)3)13(19)18-9-10-6-7-12(23-10)24(20,21)17-4/h6-7,11,17H,5,8-9,16H2,1-4H3,(H,18,19). The van der Waals surface area contributed by atoms with Crippen molar-refractivity contribution in [2.45, 2.75) is 49.6 Å². The van der Waals surface area contributed by atoms with Gasteiger partial charge in [0.15, 0.2) is 0 Å². The van der Waals surface area contributed by atoms with Gasteiger partial charge in [-0.3, -0.25) is 4.79 Å². The number of hydrogen-bond donors (Lipinski definition) is 3. The van der Waals surface area contributed by atoms with E-state index in [2.05, 4.69) is 10.0 Å². The number of nitrogens with one attached hydrogen (secondary N) is 2. The third-order valence-electron chi connectivity index (χ3n) is 4.83. The van der Waals surface area contributed by atoms with Crippen molar-refractivity contribution in [2.24, 2.45) is 11.1 Å². The monoisotopic (exact) mass is 375 g/mol. The van der Waals surface area contributed by atoms with Crippen molar-refractivity contribution in [3.63, 3.8) is 0 Å². The molecule has 0 spiro atoms. The summed E-state index contributed by atoms with van der Waals surface area (Å²) in [5.41, 5.74) is 4.87. The SMILES string of the molecule is CCOC1CC(N)(C(=O)NCc2ccc(S(=O)(=O)NC)s2)C1(C)C. The van der Waals surface area contributed by atoms with Crippen LogP contribution in [-0.4, -0.2) is 39.6 Å². The van der Waals surface area contributed by atoms with Crippen molar-refractivity contribution in [3.8, 4) is 0 Å². The molecule has 1 amide bonds. The summed E-state index contributed by atoms with van der Waals surface area (Å²) in [6, 6.07) is 3.21. The highest BCUT2D eigenvalue weighted by molar-refractivity contribution is 7.91. The average molecular weight is 376 g/mol. The number of amides is 1. The lowest BCUT2D eigenvalue weighted by Gasteiger charge is -2.57. The number of carbonyl (C=O) groups excluding carboxylic acids is 1. The first-order chi connectivity index (χ1) is 11.1. The maximum absolute atomic E-state index is 12.5. The van der Waals surface area contributed by atoms with Crippen LogP contribution in [0.5, 0.6) is 0 Å². The number of nitrogens with two attached hydrogens (primary N) is 1. The van der Waals surface area contributed by atoms with Crippen molar-refractivity contribution in [1.29, 1.82) is 0 Å². The Hall–Kier alpha value is -1.00. The van der Waals surface area contributed by atoms with Gasteiger partial charge in [0.2, 0.25) is 15.9 Å². The summed E-state index contributed by atoms with van der Waals surface area (Å²) < 4.78 is 31.6. The predicted molar refractivity (Wildman–Crippen MR) is 93.1 cm³/mol. The van der Waals surface area contributed by atoms with Gasteiger partial charge >= 0.3 is 0 Å². The second-order valence-corrected chi connectivity index (χ2v) is 9.73. The third kappa shape index (κ3) is 3.23. The van der Waals surface area contributed by atoms with Crippen LogP contribution < -0.4 is 15.8 Å². The lowest BCUT2D eigenvalue weighted by Crippen LogP contribution is -2.75. The average Bonchev–Trinajstić information content (AvgIpc) is 3.01. The lowest BCUT2D eigenvalue weighted by molar-refractivity contribution is -0.170. The van der Waals surface area contributed by atoms with E-state index in [1.165, 1.54) is 13.1 Å². The molecule has 1 aliphatic carbocycles. The molecule has 136 valence electrons. The first kappa shape index (κ1) is 19.3. The Morgan fingerprint density at radius 1 is 1.46 bits per heavy atom. The minimum Gasteiger partial charge on any atom is -0.378 e. The fraction of sp³-hybridized carbons (Fsp3) is 0.667. The van der Waals surface area contributed by atoms with Crippen molar-refractivity contribution >= 4 is 27.3 Å². The maximum atomic E-state index is 12.5. The zero-order valence-electron chi connectivity index (χ0n) is 14.4. The molecule has 0 saturated heterocycles. The lowest BCUT2D eigenvalue weighted by atomic mass is 9.54. The summed E-state index contributed by atoms with van der Waals surface area (Å²) in [5, 5.41) is 2.82. The minimum absolute atomic E-state index is 0.0349. The van der Waals surface area contributed by atoms with Gasteiger partial charge in [-0.15, -0.1) is 11.3 Å².